The first-order chi connectivity index (χ1) is 19.3. The van der Waals surface area contributed by atoms with Gasteiger partial charge in [-0.15, -0.1) is 5.10 Å². The van der Waals surface area contributed by atoms with Crippen molar-refractivity contribution in [2.24, 2.45) is 17.3 Å². The van der Waals surface area contributed by atoms with E-state index in [-0.39, 0.29) is 17.7 Å². The number of H-pyrrole nitrogens is 1. The molecule has 2 amide bonds. The summed E-state index contributed by atoms with van der Waals surface area (Å²) in [6, 6.07) is 23.0. The zero-order chi connectivity index (χ0) is 27.9. The number of carbonyl (C=O) groups is 2. The molecule has 6 rings (SSSR count). The minimum atomic E-state index is -0.924. The molecule has 1 unspecified atom stereocenters. The molecule has 3 N–H and O–H groups in total. The van der Waals surface area contributed by atoms with Gasteiger partial charge in [-0.3, -0.25) is 9.59 Å². The van der Waals surface area contributed by atoms with Gasteiger partial charge in [-0.2, -0.15) is 0 Å². The number of rotatable bonds is 6. The van der Waals surface area contributed by atoms with Gasteiger partial charge >= 0.3 is 0 Å². The predicted octanol–water partition coefficient (Wildman–Crippen LogP) is 6.08. The Morgan fingerprint density at radius 2 is 1.82 bits per heavy atom. The van der Waals surface area contributed by atoms with E-state index in [2.05, 4.69) is 31.3 Å². The van der Waals surface area contributed by atoms with Crippen molar-refractivity contribution in [3.8, 4) is 22.7 Å². The van der Waals surface area contributed by atoms with Gasteiger partial charge in [0.2, 0.25) is 11.8 Å². The van der Waals surface area contributed by atoms with E-state index < -0.39 is 11.3 Å². The van der Waals surface area contributed by atoms with E-state index in [0.29, 0.717) is 29.3 Å². The highest BCUT2D eigenvalue weighted by Crippen LogP contribution is 2.42. The number of hydrogen-bond acceptors (Lipinski definition) is 6. The Morgan fingerprint density at radius 1 is 1.05 bits per heavy atom. The van der Waals surface area contributed by atoms with Gasteiger partial charge in [-0.1, -0.05) is 56.3 Å². The third kappa shape index (κ3) is 4.43. The smallest absolute Gasteiger partial charge is 0.231 e. The monoisotopic (exact) mass is 534 g/mol. The second-order valence-electron chi connectivity index (χ2n) is 10.8. The molecular weight excluding hydrogens is 504 g/mol. The summed E-state index contributed by atoms with van der Waals surface area (Å²) < 4.78 is 6.16. The van der Waals surface area contributed by atoms with E-state index in [1.165, 1.54) is 0 Å². The number of nitrogens with zero attached hydrogens (tertiary/aromatic N) is 3. The third-order valence-electron chi connectivity index (χ3n) is 8.27. The molecule has 40 heavy (non-hydrogen) atoms. The molecule has 1 aliphatic heterocycles. The quantitative estimate of drug-likeness (QED) is 0.242. The van der Waals surface area contributed by atoms with Crippen LogP contribution in [0.4, 0.5) is 11.4 Å². The van der Waals surface area contributed by atoms with Crippen LogP contribution in [0.25, 0.3) is 33.7 Å². The van der Waals surface area contributed by atoms with Crippen LogP contribution in [0.5, 0.6) is 0 Å². The maximum Gasteiger partial charge on any atom is 0.231 e. The van der Waals surface area contributed by atoms with Gasteiger partial charge in [0.05, 0.1) is 11.3 Å². The summed E-state index contributed by atoms with van der Waals surface area (Å²) in [5, 5.41) is 21.2. The number of benzene rings is 3. The number of hydrogen-bond donors (Lipinski definition) is 3. The van der Waals surface area contributed by atoms with E-state index >= 15 is 0 Å². The van der Waals surface area contributed by atoms with Crippen LogP contribution in [0.1, 0.15) is 32.8 Å². The van der Waals surface area contributed by atoms with E-state index in [1.807, 2.05) is 93.6 Å². The van der Waals surface area contributed by atoms with Gasteiger partial charge in [-0.05, 0) is 72.0 Å². The first-order valence-corrected chi connectivity index (χ1v) is 13.4. The number of fused-ring (bicyclic) bond motifs is 2. The van der Waals surface area contributed by atoms with Crippen LogP contribution in [-0.2, 0) is 16.0 Å². The molecule has 0 saturated heterocycles. The molecule has 1 aliphatic rings. The van der Waals surface area contributed by atoms with Gasteiger partial charge in [0.25, 0.3) is 0 Å². The normalized spacial score (nSPS) is 16.7. The average molecular weight is 535 g/mol. The summed E-state index contributed by atoms with van der Waals surface area (Å²) in [5.74, 6) is 0.351. The van der Waals surface area contributed by atoms with Crippen molar-refractivity contribution in [1.82, 2.24) is 20.6 Å². The van der Waals surface area contributed by atoms with Crippen LogP contribution in [0.3, 0.4) is 0 Å². The van der Waals surface area contributed by atoms with Crippen LogP contribution >= 0.6 is 0 Å². The minimum Gasteiger partial charge on any atom is -0.456 e. The van der Waals surface area contributed by atoms with Crippen LogP contribution < -0.4 is 10.6 Å². The van der Waals surface area contributed by atoms with E-state index in [9.17, 15) is 9.59 Å². The van der Waals surface area contributed by atoms with Gasteiger partial charge in [0, 0.05) is 27.9 Å². The fourth-order valence-electron chi connectivity index (χ4n) is 5.60. The lowest BCUT2D eigenvalue weighted by Crippen LogP contribution is -2.48. The first-order valence-electron chi connectivity index (χ1n) is 13.4. The zero-order valence-corrected chi connectivity index (χ0v) is 22.6. The predicted molar refractivity (Wildman–Crippen MR) is 153 cm³/mol. The van der Waals surface area contributed by atoms with Crippen molar-refractivity contribution in [3.05, 3.63) is 78.4 Å². The van der Waals surface area contributed by atoms with Gasteiger partial charge < -0.3 is 15.1 Å². The summed E-state index contributed by atoms with van der Waals surface area (Å²) in [6.07, 6.45) is 1.32. The molecule has 9 heteroatoms. The summed E-state index contributed by atoms with van der Waals surface area (Å²) in [4.78, 5) is 27.3. The SMILES string of the molecule is CC(C)C(C)(C(=O)Nc1ccc2oc(-c3ccccc3-c3nnn[nH]3)cc2c1)[C@H]1CCc2ccccc2NC1=O. The van der Waals surface area contributed by atoms with Crippen molar-refractivity contribution in [2.75, 3.05) is 10.6 Å². The number of nitrogens with one attached hydrogen (secondary N) is 3. The van der Waals surface area contributed by atoms with Gasteiger partial charge in [0.15, 0.2) is 5.82 Å². The molecule has 0 bridgehead atoms. The number of furan rings is 1. The Labute approximate surface area is 231 Å². The number of anilines is 2. The highest BCUT2D eigenvalue weighted by atomic mass is 16.3. The fourth-order valence-corrected chi connectivity index (χ4v) is 5.60. The lowest BCUT2D eigenvalue weighted by atomic mass is 9.66. The van der Waals surface area contributed by atoms with E-state index in [1.54, 1.807) is 0 Å². The van der Waals surface area contributed by atoms with Crippen LogP contribution in [-0.4, -0.2) is 32.4 Å². The number of aryl methyl sites for hydroxylation is 1. The molecule has 0 aliphatic carbocycles. The number of aromatic nitrogens is 4. The second-order valence-corrected chi connectivity index (χ2v) is 10.8. The van der Waals surface area contributed by atoms with E-state index in [4.69, 9.17) is 4.42 Å². The Hall–Kier alpha value is -4.79. The Kier molecular flexibility index (Phi) is 6.42. The van der Waals surface area contributed by atoms with Crippen molar-refractivity contribution >= 4 is 34.2 Å². The molecule has 3 aromatic carbocycles. The van der Waals surface area contributed by atoms with Gasteiger partial charge in [0.1, 0.15) is 11.3 Å². The summed E-state index contributed by atoms with van der Waals surface area (Å²) in [6.45, 7) is 5.90. The van der Waals surface area contributed by atoms with Gasteiger partial charge in [-0.25, -0.2) is 5.10 Å². The summed E-state index contributed by atoms with van der Waals surface area (Å²) in [7, 11) is 0. The minimum absolute atomic E-state index is 0.0733. The third-order valence-corrected chi connectivity index (χ3v) is 8.27. The molecule has 2 atom stereocenters. The molecule has 2 aromatic heterocycles. The number of amides is 2. The van der Waals surface area contributed by atoms with Crippen molar-refractivity contribution in [3.63, 3.8) is 0 Å². The van der Waals surface area contributed by atoms with Crippen LogP contribution in [0.2, 0.25) is 0 Å². The first kappa shape index (κ1) is 25.5. The molecule has 9 nitrogen and oxygen atoms in total. The lowest BCUT2D eigenvalue weighted by Gasteiger charge is -2.38. The number of aromatic amines is 1. The van der Waals surface area contributed by atoms with Crippen LogP contribution in [0.15, 0.2) is 77.2 Å². The molecule has 202 valence electrons. The molecule has 0 spiro atoms. The van der Waals surface area contributed by atoms with Crippen molar-refractivity contribution in [2.45, 2.75) is 33.6 Å². The molecule has 5 aromatic rings. The number of carbonyl (C=O) groups excluding carboxylic acids is 2. The number of para-hydroxylation sites is 1. The molecule has 3 heterocycles. The molecular formula is C31H30N6O3. The zero-order valence-electron chi connectivity index (χ0n) is 22.6. The molecule has 0 saturated carbocycles. The van der Waals surface area contributed by atoms with E-state index in [0.717, 1.165) is 34.2 Å². The standard InChI is InChI=1S/C31H30N6O3/c1-18(2)31(3,24-14-12-19-8-4-7-11-25(19)33-29(24)38)30(39)32-21-13-15-26-20(16-21)17-27(40-26)22-9-5-6-10-23(22)28-34-36-37-35-28/h4-11,13,15-18,24H,12,14H2,1-3H3,(H,32,39)(H,33,38)(H,34,35,36,37)/t24-,31?/m0/s1. The van der Waals surface area contributed by atoms with Crippen LogP contribution in [0, 0.1) is 17.3 Å². The molecule has 0 fully saturated rings. The summed E-state index contributed by atoms with van der Waals surface area (Å²) >= 11 is 0. The maximum absolute atomic E-state index is 13.9. The summed E-state index contributed by atoms with van der Waals surface area (Å²) in [5.41, 5.74) is 3.98. The Morgan fingerprint density at radius 3 is 2.60 bits per heavy atom. The highest BCUT2D eigenvalue weighted by Gasteiger charge is 2.48. The highest BCUT2D eigenvalue weighted by molar-refractivity contribution is 6.03. The molecule has 0 radical (unpaired) electrons. The fraction of sp³-hybridized carbons (Fsp3) is 0.258. The largest absolute Gasteiger partial charge is 0.456 e. The second kappa shape index (κ2) is 10.1. The Balaban J connectivity index is 1.28. The maximum atomic E-state index is 13.9. The lowest BCUT2D eigenvalue weighted by molar-refractivity contribution is -0.138. The Bertz CT molecular complexity index is 1710. The average Bonchev–Trinajstić information content (AvgIpc) is 3.60. The topological polar surface area (TPSA) is 126 Å². The van der Waals surface area contributed by atoms with Crippen molar-refractivity contribution in [1.29, 1.82) is 0 Å². The number of tetrazole rings is 1. The van der Waals surface area contributed by atoms with Crippen molar-refractivity contribution < 1.29 is 14.0 Å².